The van der Waals surface area contributed by atoms with Crippen molar-refractivity contribution in [3.8, 4) is 0 Å². The van der Waals surface area contributed by atoms with Crippen molar-refractivity contribution in [3.05, 3.63) is 34.5 Å². The Bertz CT molecular complexity index is 530. The molecule has 1 aromatic carbocycles. The number of carbonyl (C=O) groups is 1. The largest absolute Gasteiger partial charge is 0.481 e. The van der Waals surface area contributed by atoms with Gasteiger partial charge in [0.1, 0.15) is 5.58 Å². The SMILES string of the molecule is CC(Cc1coc2cccc(Br)c12)C(=O)O. The molecular formula is C12H11BrO3. The van der Waals surface area contributed by atoms with E-state index in [9.17, 15) is 4.79 Å². The van der Waals surface area contributed by atoms with Crippen LogP contribution in [0.15, 0.2) is 33.4 Å². The second kappa shape index (κ2) is 4.29. The minimum atomic E-state index is -0.790. The van der Waals surface area contributed by atoms with Crippen LogP contribution in [0, 0.1) is 5.92 Å². The number of benzene rings is 1. The monoisotopic (exact) mass is 282 g/mol. The second-order valence-electron chi connectivity index (χ2n) is 3.82. The molecule has 1 heterocycles. The average molecular weight is 283 g/mol. The van der Waals surface area contributed by atoms with Gasteiger partial charge in [0.15, 0.2) is 0 Å². The van der Waals surface area contributed by atoms with E-state index in [-0.39, 0.29) is 0 Å². The first kappa shape index (κ1) is 11.2. The van der Waals surface area contributed by atoms with Crippen molar-refractivity contribution < 1.29 is 14.3 Å². The van der Waals surface area contributed by atoms with E-state index < -0.39 is 11.9 Å². The Balaban J connectivity index is 2.42. The Hall–Kier alpha value is -1.29. The zero-order valence-electron chi connectivity index (χ0n) is 8.74. The first-order valence-corrected chi connectivity index (χ1v) is 5.76. The van der Waals surface area contributed by atoms with Crippen LogP contribution < -0.4 is 0 Å². The Morgan fingerprint density at radius 2 is 2.31 bits per heavy atom. The molecule has 3 nitrogen and oxygen atoms in total. The molecule has 0 spiro atoms. The Kier molecular flexibility index (Phi) is 3.01. The number of hydrogen-bond donors (Lipinski definition) is 1. The van der Waals surface area contributed by atoms with Crippen LogP contribution >= 0.6 is 15.9 Å². The maximum Gasteiger partial charge on any atom is 0.306 e. The molecule has 2 rings (SSSR count). The van der Waals surface area contributed by atoms with Crippen molar-refractivity contribution in [3.63, 3.8) is 0 Å². The molecule has 0 fully saturated rings. The van der Waals surface area contributed by atoms with Gasteiger partial charge in [0, 0.05) is 15.4 Å². The summed E-state index contributed by atoms with van der Waals surface area (Å²) in [6, 6.07) is 5.68. The molecule has 1 aromatic heterocycles. The molecule has 0 saturated carbocycles. The molecule has 0 saturated heterocycles. The molecule has 84 valence electrons. The lowest BCUT2D eigenvalue weighted by atomic mass is 10.0. The van der Waals surface area contributed by atoms with Crippen LogP contribution in [0.5, 0.6) is 0 Å². The molecule has 0 aliphatic carbocycles. The first-order chi connectivity index (χ1) is 7.59. The summed E-state index contributed by atoms with van der Waals surface area (Å²) >= 11 is 3.45. The number of aliphatic carboxylic acids is 1. The lowest BCUT2D eigenvalue weighted by molar-refractivity contribution is -0.141. The predicted octanol–water partition coefficient (Wildman–Crippen LogP) is 3.46. The van der Waals surface area contributed by atoms with Gasteiger partial charge in [0.2, 0.25) is 0 Å². The van der Waals surface area contributed by atoms with Gasteiger partial charge in [-0.05, 0) is 18.6 Å². The van der Waals surface area contributed by atoms with Crippen molar-refractivity contribution in [1.29, 1.82) is 0 Å². The highest BCUT2D eigenvalue weighted by molar-refractivity contribution is 9.10. The molecule has 1 N–H and O–H groups in total. The van der Waals surface area contributed by atoms with Gasteiger partial charge in [-0.15, -0.1) is 0 Å². The summed E-state index contributed by atoms with van der Waals surface area (Å²) in [5, 5.41) is 9.85. The van der Waals surface area contributed by atoms with Gasteiger partial charge in [0.25, 0.3) is 0 Å². The maximum atomic E-state index is 10.8. The normalized spacial score (nSPS) is 12.9. The van der Waals surface area contributed by atoms with E-state index in [4.69, 9.17) is 9.52 Å². The van der Waals surface area contributed by atoms with Crippen LogP contribution in [0.3, 0.4) is 0 Å². The van der Waals surface area contributed by atoms with Gasteiger partial charge < -0.3 is 9.52 Å². The predicted molar refractivity (Wildman–Crippen MR) is 64.4 cm³/mol. The summed E-state index contributed by atoms with van der Waals surface area (Å²) in [6.07, 6.45) is 2.11. The molecule has 0 aliphatic rings. The van der Waals surface area contributed by atoms with Gasteiger partial charge in [-0.2, -0.15) is 0 Å². The first-order valence-electron chi connectivity index (χ1n) is 4.97. The molecule has 1 unspecified atom stereocenters. The average Bonchev–Trinajstić information content (AvgIpc) is 2.63. The fraction of sp³-hybridized carbons (Fsp3) is 0.250. The summed E-state index contributed by atoms with van der Waals surface area (Å²) < 4.78 is 6.32. The number of rotatable bonds is 3. The molecule has 0 aliphatic heterocycles. The number of fused-ring (bicyclic) bond motifs is 1. The van der Waals surface area contributed by atoms with E-state index in [0.29, 0.717) is 6.42 Å². The number of hydrogen-bond acceptors (Lipinski definition) is 2. The summed E-state index contributed by atoms with van der Waals surface area (Å²) in [5.74, 6) is -1.20. The van der Waals surface area contributed by atoms with E-state index in [1.54, 1.807) is 13.2 Å². The molecule has 1 atom stereocenters. The Morgan fingerprint density at radius 3 is 3.00 bits per heavy atom. The van der Waals surface area contributed by atoms with Crippen LogP contribution in [0.25, 0.3) is 11.0 Å². The zero-order valence-corrected chi connectivity index (χ0v) is 10.3. The smallest absolute Gasteiger partial charge is 0.306 e. The molecule has 0 bridgehead atoms. The fourth-order valence-corrected chi connectivity index (χ4v) is 2.28. The van der Waals surface area contributed by atoms with Crippen LogP contribution in [-0.2, 0) is 11.2 Å². The van der Waals surface area contributed by atoms with Crippen molar-refractivity contribution in [1.82, 2.24) is 0 Å². The van der Waals surface area contributed by atoms with E-state index in [0.717, 1.165) is 21.0 Å². The van der Waals surface area contributed by atoms with Gasteiger partial charge in [-0.25, -0.2) is 0 Å². The molecule has 0 radical (unpaired) electrons. The summed E-state index contributed by atoms with van der Waals surface area (Å²) in [4.78, 5) is 10.8. The lowest BCUT2D eigenvalue weighted by Gasteiger charge is -2.04. The van der Waals surface area contributed by atoms with E-state index in [1.807, 2.05) is 18.2 Å². The Labute approximate surface area is 101 Å². The quantitative estimate of drug-likeness (QED) is 0.938. The van der Waals surface area contributed by atoms with E-state index in [2.05, 4.69) is 15.9 Å². The third-order valence-corrected chi connectivity index (χ3v) is 3.23. The molecule has 4 heteroatoms. The van der Waals surface area contributed by atoms with Crippen molar-refractivity contribution >= 4 is 32.9 Å². The van der Waals surface area contributed by atoms with Crippen LogP contribution in [0.1, 0.15) is 12.5 Å². The molecule has 0 amide bonds. The highest BCUT2D eigenvalue weighted by Crippen LogP contribution is 2.30. The number of carboxylic acid groups (broad SMARTS) is 1. The highest BCUT2D eigenvalue weighted by atomic mass is 79.9. The minimum absolute atomic E-state index is 0.409. The van der Waals surface area contributed by atoms with Crippen LogP contribution in [0.4, 0.5) is 0 Å². The van der Waals surface area contributed by atoms with Gasteiger partial charge in [-0.1, -0.05) is 28.9 Å². The highest BCUT2D eigenvalue weighted by Gasteiger charge is 2.16. The van der Waals surface area contributed by atoms with Gasteiger partial charge >= 0.3 is 5.97 Å². The minimum Gasteiger partial charge on any atom is -0.481 e. The van der Waals surface area contributed by atoms with Crippen molar-refractivity contribution in [2.24, 2.45) is 5.92 Å². The zero-order chi connectivity index (χ0) is 11.7. The van der Waals surface area contributed by atoms with Crippen molar-refractivity contribution in [2.45, 2.75) is 13.3 Å². The third-order valence-electron chi connectivity index (χ3n) is 2.57. The lowest BCUT2D eigenvalue weighted by Crippen LogP contribution is -2.11. The molecule has 2 aromatic rings. The summed E-state index contributed by atoms with van der Waals surface area (Å²) in [6.45, 7) is 1.69. The third kappa shape index (κ3) is 1.97. The number of halogens is 1. The maximum absolute atomic E-state index is 10.8. The molecular weight excluding hydrogens is 272 g/mol. The second-order valence-corrected chi connectivity index (χ2v) is 4.67. The molecule has 16 heavy (non-hydrogen) atoms. The topological polar surface area (TPSA) is 50.4 Å². The van der Waals surface area contributed by atoms with Gasteiger partial charge in [0.05, 0.1) is 12.2 Å². The van der Waals surface area contributed by atoms with Crippen LogP contribution in [-0.4, -0.2) is 11.1 Å². The summed E-state index contributed by atoms with van der Waals surface area (Å²) in [5.41, 5.74) is 1.71. The number of furan rings is 1. The standard InChI is InChI=1S/C12H11BrO3/c1-7(12(14)15)5-8-6-16-10-4-2-3-9(13)11(8)10/h2-4,6-7H,5H2,1H3,(H,14,15). The van der Waals surface area contributed by atoms with E-state index >= 15 is 0 Å². The number of carboxylic acids is 1. The van der Waals surface area contributed by atoms with E-state index in [1.165, 1.54) is 0 Å². The van der Waals surface area contributed by atoms with Gasteiger partial charge in [-0.3, -0.25) is 4.79 Å². The van der Waals surface area contributed by atoms with Crippen molar-refractivity contribution in [2.75, 3.05) is 0 Å². The van der Waals surface area contributed by atoms with Crippen LogP contribution in [0.2, 0.25) is 0 Å². The fourth-order valence-electron chi connectivity index (χ4n) is 1.68. The Morgan fingerprint density at radius 1 is 1.56 bits per heavy atom. The summed E-state index contributed by atoms with van der Waals surface area (Å²) in [7, 11) is 0.